The second-order valence-corrected chi connectivity index (χ2v) is 0.577. The molecule has 0 N–H and O–H groups in total. The van der Waals surface area contributed by atoms with Crippen LogP contribution in [0.2, 0.25) is 0 Å². The Morgan fingerprint density at radius 2 is 0.714 bits per heavy atom. The number of rotatable bonds is 0. The van der Waals surface area contributed by atoms with E-state index in [9.17, 15) is 0 Å². The minimum atomic E-state index is -1.75. The van der Waals surface area contributed by atoms with Crippen molar-refractivity contribution in [1.29, 1.82) is 0 Å². The van der Waals surface area contributed by atoms with E-state index in [4.69, 9.17) is 19.6 Å². The van der Waals surface area contributed by atoms with Gasteiger partial charge >= 0.3 is 27.3 Å². The zero-order chi connectivity index (χ0) is 5.41. The van der Waals surface area contributed by atoms with E-state index in [-0.39, 0.29) is 27.3 Å². The molecule has 7 heteroatoms. The first kappa shape index (κ1) is 15.8. The molecule has 0 rings (SSSR count). The Bertz CT molecular complexity index is 11.7. The van der Waals surface area contributed by atoms with E-state index in [0.29, 0.717) is 0 Å². The molecule has 2 radical (unpaired) electrons. The van der Waals surface area contributed by atoms with E-state index in [1.54, 1.807) is 0 Å². The van der Waals surface area contributed by atoms with Gasteiger partial charge in [0, 0.05) is 0 Å². The van der Waals surface area contributed by atoms with Gasteiger partial charge in [0.1, 0.15) is 0 Å². The monoisotopic (exact) mass is 338 g/mol. The van der Waals surface area contributed by atoms with Crippen molar-refractivity contribution in [3.63, 3.8) is 0 Å². The molecule has 0 saturated carbocycles. The molecule has 42 valence electrons. The molecule has 0 aliphatic carbocycles. The van der Waals surface area contributed by atoms with Gasteiger partial charge in [0.25, 0.3) is 0 Å². The molecule has 0 bridgehead atoms. The van der Waals surface area contributed by atoms with Gasteiger partial charge in [-0.3, -0.25) is 0 Å². The molecule has 7 heavy (non-hydrogen) atoms. The van der Waals surface area contributed by atoms with Gasteiger partial charge in [-0.15, -0.1) is 18.1 Å². The number of hydrogen-bond acceptors (Lipinski definition) is 4. The van der Waals surface area contributed by atoms with E-state index in [1.807, 2.05) is 0 Å². The molecule has 0 aliphatic rings. The van der Waals surface area contributed by atoms with E-state index in [1.165, 1.54) is 0 Å². The molecular weight excluding hydrogens is 333 g/mol. The summed E-state index contributed by atoms with van der Waals surface area (Å²) in [6.45, 7) is 0. The fraction of sp³-hybridized carbons (Fsp3) is 0. The Balaban J connectivity index is -0.0000000400. The van der Waals surface area contributed by atoms with Crippen LogP contribution >= 0.6 is 18.1 Å². The van der Waals surface area contributed by atoms with Crippen molar-refractivity contribution >= 4 is 45.4 Å². The summed E-state index contributed by atoms with van der Waals surface area (Å²) < 4.78 is 0. The first-order chi connectivity index (χ1) is 2.83. The molecule has 4 nitrogen and oxygen atoms in total. The summed E-state index contributed by atoms with van der Waals surface area (Å²) in [7, 11) is -3.50. The van der Waals surface area contributed by atoms with Crippen molar-refractivity contribution in [1.82, 2.24) is 0 Å². The van der Waals surface area contributed by atoms with Crippen molar-refractivity contribution in [2.24, 2.45) is 0 Å². The van der Waals surface area contributed by atoms with Crippen LogP contribution in [-0.4, -0.2) is 27.3 Å². The first-order valence-corrected chi connectivity index (χ1v) is 2.83. The van der Waals surface area contributed by atoms with Gasteiger partial charge in [-0.25, -0.2) is 0 Å². The van der Waals surface area contributed by atoms with Gasteiger partial charge in [0.05, 0.1) is 0 Å². The van der Waals surface area contributed by atoms with Crippen molar-refractivity contribution in [2.75, 3.05) is 0 Å². The maximum absolute atomic E-state index is 8.46. The van der Waals surface area contributed by atoms with Crippen LogP contribution in [0, 0.1) is 0 Å². The fourth-order valence-electron chi connectivity index (χ4n) is 0. The molecule has 0 aliphatic heterocycles. The van der Waals surface area contributed by atoms with Crippen molar-refractivity contribution < 1.29 is 19.6 Å². The van der Waals surface area contributed by atoms with Crippen molar-refractivity contribution in [2.45, 2.75) is 0 Å². The maximum atomic E-state index is 8.46. The second kappa shape index (κ2) is 25.5. The van der Waals surface area contributed by atoms with Gasteiger partial charge in [-0.05, 0) is 0 Å². The quantitative estimate of drug-likeness (QED) is 0.329. The Morgan fingerprint density at radius 3 is 0.714 bits per heavy atom. The van der Waals surface area contributed by atoms with Gasteiger partial charge in [-0.2, -0.15) is 0 Å². The third-order valence-corrected chi connectivity index (χ3v) is 0. The molecular formula is H4O4P2Pb. The molecule has 0 atom stereocenters. The molecule has 0 aromatic heterocycles. The van der Waals surface area contributed by atoms with Gasteiger partial charge < -0.3 is 19.6 Å². The summed E-state index contributed by atoms with van der Waals surface area (Å²) in [5, 5.41) is 0. The molecule has 0 amide bonds. The zero-order valence-electron chi connectivity index (χ0n) is 3.29. The summed E-state index contributed by atoms with van der Waals surface area (Å²) in [5.41, 5.74) is 0. The van der Waals surface area contributed by atoms with Gasteiger partial charge in [0.15, 0.2) is 0 Å². The molecule has 0 heterocycles. The SMILES string of the molecule is [O-][PH2+][O-].[O-][PH2+][O-].[Pb+2]. The van der Waals surface area contributed by atoms with Crippen LogP contribution in [0.1, 0.15) is 0 Å². The van der Waals surface area contributed by atoms with Gasteiger partial charge in [-0.1, -0.05) is 0 Å². The van der Waals surface area contributed by atoms with E-state index in [2.05, 4.69) is 0 Å². The smallest absolute Gasteiger partial charge is 0.687 e. The molecule has 0 fully saturated rings. The van der Waals surface area contributed by atoms with Crippen LogP contribution in [-0.2, 0) is 0 Å². The normalized spacial score (nSPS) is 5.14. The second-order valence-electron chi connectivity index (χ2n) is 0.192. The predicted octanol–water partition coefficient (Wildman–Crippen LogP) is -4.49. The fourth-order valence-corrected chi connectivity index (χ4v) is 0. The molecule has 0 aromatic rings. The van der Waals surface area contributed by atoms with Crippen LogP contribution in [0.5, 0.6) is 0 Å². The molecule has 0 saturated heterocycles. The van der Waals surface area contributed by atoms with Crippen molar-refractivity contribution in [3.05, 3.63) is 0 Å². The van der Waals surface area contributed by atoms with E-state index in [0.717, 1.165) is 0 Å². The maximum Gasteiger partial charge on any atom is 2.00 e. The molecule has 0 spiro atoms. The summed E-state index contributed by atoms with van der Waals surface area (Å²) in [6, 6.07) is 0. The summed E-state index contributed by atoms with van der Waals surface area (Å²) in [6.07, 6.45) is 0. The van der Waals surface area contributed by atoms with Crippen LogP contribution in [0.25, 0.3) is 0 Å². The van der Waals surface area contributed by atoms with Crippen LogP contribution in [0.4, 0.5) is 0 Å². The van der Waals surface area contributed by atoms with Crippen LogP contribution < -0.4 is 19.6 Å². The van der Waals surface area contributed by atoms with Gasteiger partial charge in [0.2, 0.25) is 0 Å². The molecule has 0 unspecified atom stereocenters. The van der Waals surface area contributed by atoms with Crippen LogP contribution in [0.3, 0.4) is 0 Å². The molecule has 0 aromatic carbocycles. The Hall–Kier alpha value is 1.62. The first-order valence-electron chi connectivity index (χ1n) is 0.943. The van der Waals surface area contributed by atoms with Crippen molar-refractivity contribution in [3.8, 4) is 0 Å². The third kappa shape index (κ3) is 91.6. The Morgan fingerprint density at radius 1 is 0.714 bits per heavy atom. The average molecular weight is 337 g/mol. The summed E-state index contributed by atoms with van der Waals surface area (Å²) in [4.78, 5) is 33.8. The largest absolute Gasteiger partial charge is 2.00 e. The minimum absolute atomic E-state index is 0. The number of hydrogen-bond donors (Lipinski definition) is 0. The predicted molar refractivity (Wildman–Crippen MR) is 25.2 cm³/mol. The van der Waals surface area contributed by atoms with E-state index >= 15 is 0 Å². The zero-order valence-corrected chi connectivity index (χ0v) is 9.48. The third-order valence-electron chi connectivity index (χ3n) is 0. The Kier molecular flexibility index (Phi) is 57.7. The summed E-state index contributed by atoms with van der Waals surface area (Å²) in [5.74, 6) is 0. The standard InChI is InChI=1S/2H2O2P.Pb/c2*1-3-2;/h2*3H2;/q2*-1;+2. The van der Waals surface area contributed by atoms with Crippen LogP contribution in [0.15, 0.2) is 0 Å². The average Bonchev–Trinajstić information content (AvgIpc) is 1.39. The Labute approximate surface area is 65.0 Å². The topological polar surface area (TPSA) is 92.2 Å². The minimum Gasteiger partial charge on any atom is -0.687 e. The summed E-state index contributed by atoms with van der Waals surface area (Å²) >= 11 is 0. The van der Waals surface area contributed by atoms with E-state index < -0.39 is 18.1 Å².